The average molecular weight is 262 g/mol. The molecule has 0 spiro atoms. The molecule has 2 unspecified atom stereocenters. The molecule has 1 fully saturated rings. The van der Waals surface area contributed by atoms with Crippen molar-refractivity contribution in [2.24, 2.45) is 5.92 Å². The van der Waals surface area contributed by atoms with Crippen LogP contribution < -0.4 is 4.90 Å². The van der Waals surface area contributed by atoms with E-state index in [0.29, 0.717) is 6.54 Å². The highest BCUT2D eigenvalue weighted by molar-refractivity contribution is 5.66. The highest BCUT2D eigenvalue weighted by Gasteiger charge is 2.36. The van der Waals surface area contributed by atoms with Crippen molar-refractivity contribution in [3.8, 4) is 6.07 Å². The van der Waals surface area contributed by atoms with Crippen LogP contribution in [0, 0.1) is 27.4 Å². The first-order valence-corrected chi connectivity index (χ1v) is 6.01. The minimum Gasteiger partial charge on any atom is -0.394 e. The Bertz CT molecular complexity index is 540. The largest absolute Gasteiger partial charge is 0.394 e. The molecule has 2 atom stereocenters. The Hall–Kier alpha value is -2.20. The number of nitrogens with zero attached hydrogens (tertiary/aromatic N) is 4. The molecule has 100 valence electrons. The number of anilines is 1. The third-order valence-corrected chi connectivity index (χ3v) is 3.55. The van der Waals surface area contributed by atoms with Gasteiger partial charge in [0.25, 0.3) is 0 Å². The van der Waals surface area contributed by atoms with Crippen molar-refractivity contribution in [2.75, 3.05) is 18.1 Å². The van der Waals surface area contributed by atoms with Crippen molar-refractivity contribution >= 4 is 11.5 Å². The molecule has 0 amide bonds. The second-order valence-corrected chi connectivity index (χ2v) is 4.61. The van der Waals surface area contributed by atoms with Crippen LogP contribution in [0.4, 0.5) is 11.5 Å². The molecule has 19 heavy (non-hydrogen) atoms. The minimum atomic E-state index is -0.585. The molecule has 0 aromatic carbocycles. The Morgan fingerprint density at radius 3 is 3.05 bits per heavy atom. The second kappa shape index (κ2) is 5.20. The Labute approximate surface area is 110 Å². The predicted molar refractivity (Wildman–Crippen MR) is 67.6 cm³/mol. The Morgan fingerprint density at radius 1 is 1.74 bits per heavy atom. The molecule has 0 bridgehead atoms. The quantitative estimate of drug-likeness (QED) is 0.645. The van der Waals surface area contributed by atoms with Gasteiger partial charge in [-0.15, -0.1) is 0 Å². The van der Waals surface area contributed by atoms with Crippen LogP contribution in [-0.4, -0.2) is 34.2 Å². The summed E-state index contributed by atoms with van der Waals surface area (Å²) in [5.41, 5.74) is -0.288. The third-order valence-electron chi connectivity index (χ3n) is 3.55. The minimum absolute atomic E-state index is 0.00811. The Kier molecular flexibility index (Phi) is 3.62. The van der Waals surface area contributed by atoms with Crippen molar-refractivity contribution in [1.82, 2.24) is 4.98 Å². The number of aromatic nitrogens is 1. The lowest BCUT2D eigenvalue weighted by Gasteiger charge is -2.25. The zero-order valence-corrected chi connectivity index (χ0v) is 10.5. The van der Waals surface area contributed by atoms with Gasteiger partial charge in [-0.3, -0.25) is 10.1 Å². The summed E-state index contributed by atoms with van der Waals surface area (Å²) in [5, 5.41) is 29.5. The van der Waals surface area contributed by atoms with Crippen LogP contribution in [0.3, 0.4) is 0 Å². The smallest absolute Gasteiger partial charge is 0.329 e. The summed E-state index contributed by atoms with van der Waals surface area (Å²) in [5.74, 6) is 0.407. The normalized spacial score (nSPS) is 22.3. The zero-order valence-electron chi connectivity index (χ0n) is 10.5. The van der Waals surface area contributed by atoms with Crippen LogP contribution >= 0.6 is 0 Å². The van der Waals surface area contributed by atoms with Crippen molar-refractivity contribution in [3.05, 3.63) is 27.9 Å². The van der Waals surface area contributed by atoms with Gasteiger partial charge in [-0.2, -0.15) is 5.26 Å². The van der Waals surface area contributed by atoms with Gasteiger partial charge in [0.2, 0.25) is 5.82 Å². The molecule has 1 aromatic heterocycles. The monoisotopic (exact) mass is 262 g/mol. The van der Waals surface area contributed by atoms with Crippen LogP contribution in [-0.2, 0) is 0 Å². The summed E-state index contributed by atoms with van der Waals surface area (Å²) in [4.78, 5) is 16.3. The van der Waals surface area contributed by atoms with Crippen LogP contribution in [0.1, 0.15) is 18.9 Å². The number of aliphatic hydroxyl groups excluding tert-OH is 1. The van der Waals surface area contributed by atoms with E-state index in [1.54, 1.807) is 4.90 Å². The highest BCUT2D eigenvalue weighted by atomic mass is 16.6. The third kappa shape index (κ3) is 2.22. The van der Waals surface area contributed by atoms with Crippen LogP contribution in [0.2, 0.25) is 0 Å². The molecule has 1 saturated heterocycles. The maximum absolute atomic E-state index is 11.2. The summed E-state index contributed by atoms with van der Waals surface area (Å²) >= 11 is 0. The maximum Gasteiger partial charge on any atom is 0.329 e. The number of hydrogen-bond donors (Lipinski definition) is 1. The fourth-order valence-electron chi connectivity index (χ4n) is 2.47. The van der Waals surface area contributed by atoms with Gasteiger partial charge in [0.05, 0.1) is 17.6 Å². The Balaban J connectivity index is 2.51. The average Bonchev–Trinajstić information content (AvgIpc) is 2.78. The van der Waals surface area contributed by atoms with E-state index >= 15 is 0 Å². The molecule has 7 nitrogen and oxygen atoms in total. The molecule has 7 heteroatoms. The van der Waals surface area contributed by atoms with Crippen molar-refractivity contribution in [3.63, 3.8) is 0 Å². The summed E-state index contributed by atoms with van der Waals surface area (Å²) in [6.45, 7) is 2.49. The topological polar surface area (TPSA) is 103 Å². The first-order chi connectivity index (χ1) is 9.10. The predicted octanol–water partition coefficient (Wildman–Crippen LogP) is 1.07. The lowest BCUT2D eigenvalue weighted by atomic mass is 10.0. The standard InChI is InChI=1S/C12H14N4O3/c1-8-3-5-15(10(8)7-17)12-11(16(18)19)9(6-13)2-4-14-12/h2,4,8,10,17H,3,5,7H2,1H3. The van der Waals surface area contributed by atoms with Crippen molar-refractivity contribution < 1.29 is 10.0 Å². The number of aliphatic hydroxyl groups is 1. The summed E-state index contributed by atoms with van der Waals surface area (Å²) in [6.07, 6.45) is 2.22. The first kappa shape index (κ1) is 13.2. The fraction of sp³-hybridized carbons (Fsp3) is 0.500. The summed E-state index contributed by atoms with van der Waals surface area (Å²) < 4.78 is 0. The molecular formula is C12H14N4O3. The van der Waals surface area contributed by atoms with Gasteiger partial charge < -0.3 is 10.0 Å². The van der Waals surface area contributed by atoms with E-state index in [-0.39, 0.29) is 35.6 Å². The summed E-state index contributed by atoms with van der Waals surface area (Å²) in [6, 6.07) is 2.95. The second-order valence-electron chi connectivity index (χ2n) is 4.61. The number of hydrogen-bond acceptors (Lipinski definition) is 6. The van der Waals surface area contributed by atoms with E-state index in [0.717, 1.165) is 6.42 Å². The van der Waals surface area contributed by atoms with Crippen molar-refractivity contribution in [2.45, 2.75) is 19.4 Å². The number of rotatable bonds is 3. The van der Waals surface area contributed by atoms with Crippen molar-refractivity contribution in [1.29, 1.82) is 5.26 Å². The van der Waals surface area contributed by atoms with Gasteiger partial charge >= 0.3 is 5.69 Å². The molecule has 2 rings (SSSR count). The van der Waals surface area contributed by atoms with Gasteiger partial charge in [0.15, 0.2) is 0 Å². The van der Waals surface area contributed by atoms with Gasteiger partial charge in [-0.1, -0.05) is 6.92 Å². The van der Waals surface area contributed by atoms with E-state index in [1.807, 2.05) is 13.0 Å². The number of pyridine rings is 1. The maximum atomic E-state index is 11.2. The first-order valence-electron chi connectivity index (χ1n) is 6.01. The number of nitro groups is 1. The van der Waals surface area contributed by atoms with E-state index in [2.05, 4.69) is 4.98 Å². The van der Waals surface area contributed by atoms with Crippen LogP contribution in [0.15, 0.2) is 12.3 Å². The number of nitriles is 1. The zero-order chi connectivity index (χ0) is 14.0. The molecule has 0 radical (unpaired) electrons. The molecule has 1 aliphatic rings. The van der Waals surface area contributed by atoms with Gasteiger partial charge in [0, 0.05) is 12.7 Å². The fourth-order valence-corrected chi connectivity index (χ4v) is 2.47. The van der Waals surface area contributed by atoms with Gasteiger partial charge in [-0.25, -0.2) is 4.98 Å². The van der Waals surface area contributed by atoms with Gasteiger partial charge in [0.1, 0.15) is 11.6 Å². The molecule has 2 heterocycles. The van der Waals surface area contributed by atoms with E-state index in [1.165, 1.54) is 12.3 Å². The molecule has 0 saturated carbocycles. The van der Waals surface area contributed by atoms with E-state index in [4.69, 9.17) is 5.26 Å². The van der Waals surface area contributed by atoms with E-state index < -0.39 is 4.92 Å². The SMILES string of the molecule is CC1CCN(c2nccc(C#N)c2[N+](=O)[O-])C1CO. The Morgan fingerprint density at radius 2 is 2.47 bits per heavy atom. The molecule has 0 aliphatic carbocycles. The highest BCUT2D eigenvalue weighted by Crippen LogP contribution is 2.35. The van der Waals surface area contributed by atoms with E-state index in [9.17, 15) is 15.2 Å². The summed E-state index contributed by atoms with van der Waals surface area (Å²) in [7, 11) is 0. The molecule has 1 aliphatic heterocycles. The van der Waals surface area contributed by atoms with Crippen LogP contribution in [0.5, 0.6) is 0 Å². The molecular weight excluding hydrogens is 248 g/mol. The lowest BCUT2D eigenvalue weighted by molar-refractivity contribution is -0.384. The molecule has 1 N–H and O–H groups in total. The van der Waals surface area contributed by atoms with Crippen LogP contribution in [0.25, 0.3) is 0 Å². The van der Waals surface area contributed by atoms with Gasteiger partial charge in [-0.05, 0) is 18.4 Å². The lowest BCUT2D eigenvalue weighted by Crippen LogP contribution is -2.36. The molecule has 1 aromatic rings.